The van der Waals surface area contributed by atoms with Gasteiger partial charge in [-0.2, -0.15) is 8.42 Å². The lowest BCUT2D eigenvalue weighted by molar-refractivity contribution is 0.00952. The predicted octanol–water partition coefficient (Wildman–Crippen LogP) is 1.68. The highest BCUT2D eigenvalue weighted by Gasteiger charge is 2.22. The molecule has 2 unspecified atom stereocenters. The lowest BCUT2D eigenvalue weighted by atomic mass is 10.5. The van der Waals surface area contributed by atoms with Crippen LogP contribution in [-0.4, -0.2) is 21.1 Å². The fourth-order valence-electron chi connectivity index (χ4n) is 0.415. The largest absolute Gasteiger partial charge is 0.405 e. The average Bonchev–Trinajstić information content (AvgIpc) is 2.02. The standard InChI is InChI=1S/C6H12F2O4S/c1-3-5(7)11-13(9,10)12-6(8)4-2/h5-6H,3-4H2,1-2H3. The minimum atomic E-state index is -4.55. The summed E-state index contributed by atoms with van der Waals surface area (Å²) in [6, 6.07) is 0. The summed E-state index contributed by atoms with van der Waals surface area (Å²) in [4.78, 5) is 0. The van der Waals surface area contributed by atoms with Crippen LogP contribution in [0.2, 0.25) is 0 Å². The molecule has 13 heavy (non-hydrogen) atoms. The van der Waals surface area contributed by atoms with E-state index in [0.717, 1.165) is 0 Å². The molecule has 0 aromatic heterocycles. The highest BCUT2D eigenvalue weighted by Crippen LogP contribution is 2.11. The van der Waals surface area contributed by atoms with Gasteiger partial charge in [0.1, 0.15) is 0 Å². The van der Waals surface area contributed by atoms with E-state index in [1.165, 1.54) is 13.8 Å². The van der Waals surface area contributed by atoms with Crippen molar-refractivity contribution in [2.75, 3.05) is 0 Å². The lowest BCUT2D eigenvalue weighted by Crippen LogP contribution is -2.19. The van der Waals surface area contributed by atoms with Crippen molar-refractivity contribution in [3.05, 3.63) is 0 Å². The van der Waals surface area contributed by atoms with E-state index in [1.54, 1.807) is 0 Å². The van der Waals surface area contributed by atoms with Gasteiger partial charge in [0.25, 0.3) is 0 Å². The van der Waals surface area contributed by atoms with Gasteiger partial charge in [0.05, 0.1) is 0 Å². The zero-order chi connectivity index (χ0) is 10.5. The first-order valence-electron chi connectivity index (χ1n) is 3.81. The van der Waals surface area contributed by atoms with Crippen LogP contribution in [0.15, 0.2) is 0 Å². The van der Waals surface area contributed by atoms with Crippen molar-refractivity contribution in [3.63, 3.8) is 0 Å². The van der Waals surface area contributed by atoms with Crippen molar-refractivity contribution in [2.24, 2.45) is 0 Å². The van der Waals surface area contributed by atoms with E-state index >= 15 is 0 Å². The van der Waals surface area contributed by atoms with E-state index < -0.39 is 23.1 Å². The monoisotopic (exact) mass is 218 g/mol. The van der Waals surface area contributed by atoms with Crippen LogP contribution in [0.25, 0.3) is 0 Å². The maximum absolute atomic E-state index is 12.4. The SMILES string of the molecule is CCC(F)OS(=O)(=O)OC(F)CC. The molecule has 0 fully saturated rings. The predicted molar refractivity (Wildman–Crippen MR) is 41.5 cm³/mol. The number of rotatable bonds is 6. The highest BCUT2D eigenvalue weighted by molar-refractivity contribution is 7.81. The second-order valence-electron chi connectivity index (χ2n) is 2.24. The van der Waals surface area contributed by atoms with Gasteiger partial charge in [0, 0.05) is 12.8 Å². The molecule has 0 bridgehead atoms. The molecule has 0 aliphatic rings. The average molecular weight is 218 g/mol. The van der Waals surface area contributed by atoms with E-state index in [4.69, 9.17) is 0 Å². The Morgan fingerprint density at radius 2 is 1.38 bits per heavy atom. The van der Waals surface area contributed by atoms with Crippen molar-refractivity contribution < 1.29 is 25.6 Å². The van der Waals surface area contributed by atoms with Crippen LogP contribution < -0.4 is 0 Å². The molecule has 0 saturated carbocycles. The van der Waals surface area contributed by atoms with E-state index in [1.807, 2.05) is 0 Å². The van der Waals surface area contributed by atoms with E-state index in [0.29, 0.717) is 0 Å². The summed E-state index contributed by atoms with van der Waals surface area (Å²) in [6.07, 6.45) is -4.28. The maximum atomic E-state index is 12.4. The van der Waals surface area contributed by atoms with Gasteiger partial charge in [0.2, 0.25) is 12.7 Å². The Bertz CT molecular complexity index is 211. The molecule has 0 saturated heterocycles. The summed E-state index contributed by atoms with van der Waals surface area (Å²) in [5.41, 5.74) is 0. The first-order valence-corrected chi connectivity index (χ1v) is 5.14. The van der Waals surface area contributed by atoms with Crippen LogP contribution >= 0.6 is 0 Å². The van der Waals surface area contributed by atoms with Gasteiger partial charge in [-0.25, -0.2) is 17.1 Å². The molecule has 0 radical (unpaired) electrons. The molecule has 0 rings (SSSR count). The van der Waals surface area contributed by atoms with Crippen molar-refractivity contribution in [1.82, 2.24) is 0 Å². The second kappa shape index (κ2) is 5.46. The highest BCUT2D eigenvalue weighted by atomic mass is 32.3. The van der Waals surface area contributed by atoms with Crippen LogP contribution in [-0.2, 0) is 18.8 Å². The lowest BCUT2D eigenvalue weighted by Gasteiger charge is -2.09. The third kappa shape index (κ3) is 5.89. The van der Waals surface area contributed by atoms with Crippen LogP contribution in [0.4, 0.5) is 8.78 Å². The molecular weight excluding hydrogens is 206 g/mol. The minimum absolute atomic E-state index is 0.147. The number of alkyl halides is 2. The molecule has 0 amide bonds. The van der Waals surface area contributed by atoms with Gasteiger partial charge in [-0.15, -0.1) is 0 Å². The molecule has 7 heteroatoms. The van der Waals surface area contributed by atoms with Gasteiger partial charge >= 0.3 is 10.4 Å². The zero-order valence-corrected chi connectivity index (χ0v) is 8.18. The van der Waals surface area contributed by atoms with Crippen molar-refractivity contribution in [1.29, 1.82) is 0 Å². The summed E-state index contributed by atoms with van der Waals surface area (Å²) in [5, 5.41) is 0. The number of halogens is 2. The molecule has 0 heterocycles. The first-order chi connectivity index (χ1) is 5.91. The molecule has 0 aromatic carbocycles. The van der Waals surface area contributed by atoms with Crippen molar-refractivity contribution in [3.8, 4) is 0 Å². The third-order valence-corrected chi connectivity index (χ3v) is 1.98. The van der Waals surface area contributed by atoms with Gasteiger partial charge in [-0.3, -0.25) is 0 Å². The van der Waals surface area contributed by atoms with Gasteiger partial charge < -0.3 is 0 Å². The normalized spacial score (nSPS) is 16.9. The Labute approximate surface area is 76.2 Å². The summed E-state index contributed by atoms with van der Waals surface area (Å²) in [5.74, 6) is 0. The quantitative estimate of drug-likeness (QED) is 0.680. The Morgan fingerprint density at radius 1 is 1.08 bits per heavy atom. The summed E-state index contributed by atoms with van der Waals surface area (Å²) < 4.78 is 53.7. The van der Waals surface area contributed by atoms with Crippen LogP contribution in [0.3, 0.4) is 0 Å². The van der Waals surface area contributed by atoms with Crippen LogP contribution in [0, 0.1) is 0 Å². The first kappa shape index (κ1) is 12.7. The van der Waals surface area contributed by atoms with Gasteiger partial charge in [-0.1, -0.05) is 13.8 Å². The molecule has 0 aromatic rings. The van der Waals surface area contributed by atoms with E-state index in [2.05, 4.69) is 8.37 Å². The summed E-state index contributed by atoms with van der Waals surface area (Å²) in [6.45, 7) is 2.76. The summed E-state index contributed by atoms with van der Waals surface area (Å²) >= 11 is 0. The van der Waals surface area contributed by atoms with Gasteiger partial charge in [-0.05, 0) is 0 Å². The molecule has 0 aliphatic carbocycles. The minimum Gasteiger partial charge on any atom is -0.215 e. The molecule has 80 valence electrons. The smallest absolute Gasteiger partial charge is 0.215 e. The third-order valence-electron chi connectivity index (χ3n) is 1.09. The number of hydrogen-bond donors (Lipinski definition) is 0. The number of hydrogen-bond acceptors (Lipinski definition) is 4. The van der Waals surface area contributed by atoms with Crippen LogP contribution in [0.5, 0.6) is 0 Å². The molecule has 0 aliphatic heterocycles. The van der Waals surface area contributed by atoms with E-state index in [-0.39, 0.29) is 12.8 Å². The Morgan fingerprint density at radius 3 is 1.62 bits per heavy atom. The molecule has 2 atom stereocenters. The van der Waals surface area contributed by atoms with Gasteiger partial charge in [0.15, 0.2) is 0 Å². The maximum Gasteiger partial charge on any atom is 0.405 e. The molecule has 4 nitrogen and oxygen atoms in total. The van der Waals surface area contributed by atoms with Crippen molar-refractivity contribution >= 4 is 10.4 Å². The fraction of sp³-hybridized carbons (Fsp3) is 1.00. The zero-order valence-electron chi connectivity index (χ0n) is 7.37. The Hall–Kier alpha value is -0.270. The Kier molecular flexibility index (Phi) is 5.34. The van der Waals surface area contributed by atoms with Crippen molar-refractivity contribution in [2.45, 2.75) is 39.4 Å². The molecule has 0 N–H and O–H groups in total. The second-order valence-corrected chi connectivity index (χ2v) is 3.44. The van der Waals surface area contributed by atoms with E-state index in [9.17, 15) is 17.2 Å². The Balaban J connectivity index is 4.09. The van der Waals surface area contributed by atoms with Crippen LogP contribution in [0.1, 0.15) is 26.7 Å². The fourth-order valence-corrected chi connectivity index (χ4v) is 1.24. The topological polar surface area (TPSA) is 52.6 Å². The molecular formula is C6H12F2O4S. The molecule has 0 spiro atoms. The summed E-state index contributed by atoms with van der Waals surface area (Å²) in [7, 11) is -4.55.